The summed E-state index contributed by atoms with van der Waals surface area (Å²) in [6.45, 7) is 10.3. The summed E-state index contributed by atoms with van der Waals surface area (Å²) in [4.78, 5) is 19.3. The number of pyridine rings is 1. The van der Waals surface area contributed by atoms with Gasteiger partial charge in [-0.05, 0) is 25.8 Å². The molecule has 0 spiro atoms. The molecule has 0 aromatic carbocycles. The minimum atomic E-state index is 0.0361. The molecule has 1 amide bonds. The third kappa shape index (κ3) is 2.59. The van der Waals surface area contributed by atoms with Crippen LogP contribution in [0.25, 0.3) is 11.1 Å². The minimum Gasteiger partial charge on any atom is -0.336 e. The van der Waals surface area contributed by atoms with Crippen molar-refractivity contribution in [3.63, 3.8) is 0 Å². The van der Waals surface area contributed by atoms with Crippen LogP contribution in [0.2, 0.25) is 0 Å². The zero-order valence-electron chi connectivity index (χ0n) is 13.5. The van der Waals surface area contributed by atoms with E-state index in [2.05, 4.69) is 22.4 Å². The molecule has 1 saturated heterocycles. The highest BCUT2D eigenvalue weighted by Gasteiger charge is 2.27. The Kier molecular flexibility index (Phi) is 3.87. The number of hydrogen-bond donors (Lipinski definition) is 1. The van der Waals surface area contributed by atoms with Crippen LogP contribution in [-0.4, -0.2) is 46.6 Å². The van der Waals surface area contributed by atoms with Gasteiger partial charge in [0.2, 0.25) is 0 Å². The lowest BCUT2D eigenvalue weighted by molar-refractivity contribution is 0.0711. The van der Waals surface area contributed by atoms with Crippen molar-refractivity contribution in [1.82, 2.24) is 20.4 Å². The van der Waals surface area contributed by atoms with Crippen molar-refractivity contribution in [3.05, 3.63) is 23.0 Å². The van der Waals surface area contributed by atoms with Crippen molar-refractivity contribution in [2.75, 3.05) is 19.6 Å². The lowest BCUT2D eigenvalue weighted by atomic mass is 10.0. The fourth-order valence-electron chi connectivity index (χ4n) is 2.95. The SMILES string of the molecule is Cc1cc(C(=O)N2CCNC(C)C2)c2c(C(C)C)noc2n1. The van der Waals surface area contributed by atoms with Crippen LogP contribution in [-0.2, 0) is 0 Å². The molecule has 2 aromatic heterocycles. The van der Waals surface area contributed by atoms with Gasteiger partial charge in [0.25, 0.3) is 11.6 Å². The molecule has 1 aliphatic rings. The predicted molar refractivity (Wildman–Crippen MR) is 84.0 cm³/mol. The third-order valence-corrected chi connectivity index (χ3v) is 4.03. The Hall–Kier alpha value is -1.95. The molecule has 3 rings (SSSR count). The fraction of sp³-hybridized carbons (Fsp3) is 0.562. The monoisotopic (exact) mass is 302 g/mol. The molecule has 0 radical (unpaired) electrons. The average molecular weight is 302 g/mol. The van der Waals surface area contributed by atoms with Gasteiger partial charge in [-0.3, -0.25) is 4.79 Å². The summed E-state index contributed by atoms with van der Waals surface area (Å²) < 4.78 is 5.35. The van der Waals surface area contributed by atoms with Crippen LogP contribution in [0.1, 0.15) is 48.4 Å². The van der Waals surface area contributed by atoms with Gasteiger partial charge in [0.15, 0.2) is 0 Å². The van der Waals surface area contributed by atoms with Gasteiger partial charge >= 0.3 is 0 Å². The van der Waals surface area contributed by atoms with Gasteiger partial charge in [-0.1, -0.05) is 19.0 Å². The molecule has 0 bridgehead atoms. The van der Waals surface area contributed by atoms with Crippen molar-refractivity contribution in [1.29, 1.82) is 0 Å². The summed E-state index contributed by atoms with van der Waals surface area (Å²) in [5, 5.41) is 8.23. The molecule has 1 fully saturated rings. The van der Waals surface area contributed by atoms with E-state index in [1.807, 2.05) is 31.7 Å². The largest absolute Gasteiger partial charge is 0.336 e. The standard InChI is InChI=1S/C16H22N4O2/c1-9(2)14-13-12(7-10(3)18-15(13)22-19-14)16(21)20-6-5-17-11(4)8-20/h7,9,11,17H,5-6,8H2,1-4H3. The van der Waals surface area contributed by atoms with Gasteiger partial charge < -0.3 is 14.7 Å². The summed E-state index contributed by atoms with van der Waals surface area (Å²) in [5.41, 5.74) is 2.68. The number of aromatic nitrogens is 2. The molecule has 1 unspecified atom stereocenters. The third-order valence-electron chi connectivity index (χ3n) is 4.03. The fourth-order valence-corrected chi connectivity index (χ4v) is 2.95. The van der Waals surface area contributed by atoms with Gasteiger partial charge in [0, 0.05) is 31.4 Å². The number of piperazine rings is 1. The van der Waals surface area contributed by atoms with Crippen LogP contribution in [0.5, 0.6) is 0 Å². The number of aryl methyl sites for hydroxylation is 1. The van der Waals surface area contributed by atoms with Crippen LogP contribution in [0.4, 0.5) is 0 Å². The van der Waals surface area contributed by atoms with Crippen LogP contribution >= 0.6 is 0 Å². The van der Waals surface area contributed by atoms with E-state index in [0.29, 0.717) is 30.4 Å². The Morgan fingerprint density at radius 1 is 1.50 bits per heavy atom. The molecule has 3 heterocycles. The quantitative estimate of drug-likeness (QED) is 0.919. The van der Waals surface area contributed by atoms with Gasteiger partial charge in [0.1, 0.15) is 0 Å². The van der Waals surface area contributed by atoms with Gasteiger partial charge in [-0.25, -0.2) is 4.98 Å². The topological polar surface area (TPSA) is 71.3 Å². The number of carbonyl (C=O) groups excluding carboxylic acids is 1. The van der Waals surface area contributed by atoms with Crippen molar-refractivity contribution < 1.29 is 9.32 Å². The van der Waals surface area contributed by atoms with Gasteiger partial charge in [0.05, 0.1) is 16.6 Å². The summed E-state index contributed by atoms with van der Waals surface area (Å²) >= 11 is 0. The van der Waals surface area contributed by atoms with E-state index in [1.54, 1.807) is 0 Å². The van der Waals surface area contributed by atoms with E-state index < -0.39 is 0 Å². The molecule has 22 heavy (non-hydrogen) atoms. The second kappa shape index (κ2) is 5.68. The number of nitrogens with one attached hydrogen (secondary N) is 1. The molecule has 1 N–H and O–H groups in total. The molecule has 6 nitrogen and oxygen atoms in total. The van der Waals surface area contributed by atoms with E-state index in [0.717, 1.165) is 23.3 Å². The molecule has 1 aliphatic heterocycles. The van der Waals surface area contributed by atoms with Crippen molar-refractivity contribution in [2.24, 2.45) is 0 Å². The minimum absolute atomic E-state index is 0.0361. The van der Waals surface area contributed by atoms with Gasteiger partial charge in [-0.15, -0.1) is 0 Å². The summed E-state index contributed by atoms with van der Waals surface area (Å²) in [6.07, 6.45) is 0. The van der Waals surface area contributed by atoms with Crippen molar-refractivity contribution in [2.45, 2.75) is 39.7 Å². The summed E-state index contributed by atoms with van der Waals surface area (Å²) in [6, 6.07) is 2.16. The Labute approximate surface area is 129 Å². The Balaban J connectivity index is 2.08. The smallest absolute Gasteiger partial charge is 0.259 e. The van der Waals surface area contributed by atoms with E-state index in [1.165, 1.54) is 0 Å². The van der Waals surface area contributed by atoms with E-state index in [4.69, 9.17) is 4.52 Å². The number of carbonyl (C=O) groups is 1. The summed E-state index contributed by atoms with van der Waals surface area (Å²) in [7, 11) is 0. The maximum atomic E-state index is 13.0. The number of amides is 1. The molecular weight excluding hydrogens is 280 g/mol. The van der Waals surface area contributed by atoms with E-state index >= 15 is 0 Å². The number of fused-ring (bicyclic) bond motifs is 1. The molecule has 1 atom stereocenters. The molecule has 118 valence electrons. The lowest BCUT2D eigenvalue weighted by Crippen LogP contribution is -2.51. The van der Waals surface area contributed by atoms with Crippen LogP contribution in [0.15, 0.2) is 10.6 Å². The van der Waals surface area contributed by atoms with Crippen LogP contribution in [0, 0.1) is 6.92 Å². The van der Waals surface area contributed by atoms with Crippen molar-refractivity contribution in [3.8, 4) is 0 Å². The number of hydrogen-bond acceptors (Lipinski definition) is 5. The molecule has 0 saturated carbocycles. The van der Waals surface area contributed by atoms with E-state index in [9.17, 15) is 4.79 Å². The highest BCUT2D eigenvalue weighted by molar-refractivity contribution is 6.06. The first-order valence-electron chi connectivity index (χ1n) is 7.77. The second-order valence-corrected chi connectivity index (χ2v) is 6.32. The molecular formula is C16H22N4O2. The number of rotatable bonds is 2. The zero-order chi connectivity index (χ0) is 15.9. The first kappa shape index (κ1) is 15.0. The predicted octanol–water partition coefficient (Wildman–Crippen LogP) is 2.09. The molecule has 6 heteroatoms. The molecule has 0 aliphatic carbocycles. The zero-order valence-corrected chi connectivity index (χ0v) is 13.5. The molecule has 2 aromatic rings. The highest BCUT2D eigenvalue weighted by Crippen LogP contribution is 2.28. The maximum absolute atomic E-state index is 13.0. The second-order valence-electron chi connectivity index (χ2n) is 6.32. The number of nitrogens with zero attached hydrogens (tertiary/aromatic N) is 3. The normalized spacial score (nSPS) is 19.1. The van der Waals surface area contributed by atoms with E-state index in [-0.39, 0.29) is 11.8 Å². The van der Waals surface area contributed by atoms with Crippen molar-refractivity contribution >= 4 is 17.0 Å². The Morgan fingerprint density at radius 3 is 2.95 bits per heavy atom. The first-order chi connectivity index (χ1) is 10.5. The Bertz CT molecular complexity index is 707. The summed E-state index contributed by atoms with van der Waals surface area (Å²) in [5.74, 6) is 0.216. The lowest BCUT2D eigenvalue weighted by Gasteiger charge is -2.32. The highest BCUT2D eigenvalue weighted by atomic mass is 16.5. The van der Waals surface area contributed by atoms with Crippen LogP contribution < -0.4 is 5.32 Å². The van der Waals surface area contributed by atoms with Crippen LogP contribution in [0.3, 0.4) is 0 Å². The maximum Gasteiger partial charge on any atom is 0.259 e. The first-order valence-corrected chi connectivity index (χ1v) is 7.77. The Morgan fingerprint density at radius 2 is 2.27 bits per heavy atom. The van der Waals surface area contributed by atoms with Gasteiger partial charge in [-0.2, -0.15) is 0 Å². The average Bonchev–Trinajstić information content (AvgIpc) is 2.89.